The van der Waals surface area contributed by atoms with E-state index in [-0.39, 0.29) is 11.8 Å². The summed E-state index contributed by atoms with van der Waals surface area (Å²) in [5.74, 6) is -0.178. The molecule has 0 radical (unpaired) electrons. The first kappa shape index (κ1) is 15.3. The summed E-state index contributed by atoms with van der Waals surface area (Å²) in [5.41, 5.74) is 1.85. The van der Waals surface area contributed by atoms with Gasteiger partial charge in [-0.25, -0.2) is 4.79 Å². The van der Waals surface area contributed by atoms with Gasteiger partial charge in [-0.1, -0.05) is 37.6 Å². The van der Waals surface area contributed by atoms with E-state index in [4.69, 9.17) is 5.11 Å². The van der Waals surface area contributed by atoms with E-state index in [9.17, 15) is 9.59 Å². The Bertz CT molecular complexity index is 533. The average molecular weight is 287 g/mol. The van der Waals surface area contributed by atoms with Crippen LogP contribution >= 0.6 is 0 Å². The number of carbonyl (C=O) groups excluding carboxylic acids is 1. The zero-order valence-electron chi connectivity index (χ0n) is 12.2. The number of carboxylic acids is 1. The zero-order chi connectivity index (χ0) is 15.2. The maximum absolute atomic E-state index is 12.1. The third-order valence-electron chi connectivity index (χ3n) is 4.06. The molecule has 1 aliphatic rings. The lowest BCUT2D eigenvalue weighted by Gasteiger charge is -2.15. The van der Waals surface area contributed by atoms with Crippen LogP contribution in [0.2, 0.25) is 0 Å². The van der Waals surface area contributed by atoms with Crippen LogP contribution in [-0.4, -0.2) is 17.0 Å². The number of carboxylic acid groups (broad SMARTS) is 1. The van der Waals surface area contributed by atoms with E-state index in [1.165, 1.54) is 0 Å². The number of nitrogens with one attached hydrogen (secondary N) is 1. The van der Waals surface area contributed by atoms with E-state index in [1.54, 1.807) is 6.08 Å². The molecular formula is C17H21NO3. The Morgan fingerprint density at radius 1 is 1.29 bits per heavy atom. The fourth-order valence-electron chi connectivity index (χ4n) is 2.77. The Balaban J connectivity index is 1.86. The first-order chi connectivity index (χ1) is 10.1. The minimum atomic E-state index is -0.961. The predicted molar refractivity (Wildman–Crippen MR) is 81.5 cm³/mol. The lowest BCUT2D eigenvalue weighted by molar-refractivity contribution is -0.131. The van der Waals surface area contributed by atoms with Crippen LogP contribution in [0, 0.1) is 11.8 Å². The number of amides is 1. The van der Waals surface area contributed by atoms with Gasteiger partial charge in [-0.2, -0.15) is 0 Å². The largest absolute Gasteiger partial charge is 0.478 e. The van der Waals surface area contributed by atoms with Gasteiger partial charge >= 0.3 is 5.97 Å². The van der Waals surface area contributed by atoms with E-state index < -0.39 is 5.97 Å². The predicted octanol–water partition coefficient (Wildman–Crippen LogP) is 2.84. The standard InChI is InChI=1S/C17H21NO3/c1-12-3-2-4-15(12)17(21)18-11-14-7-5-13(6-8-14)9-10-16(19)20/h5-10,12,15H,2-4,11H2,1H3,(H,18,21)(H,19,20)/b10-9+. The molecule has 0 heterocycles. The number of aliphatic carboxylic acids is 1. The van der Waals surface area contributed by atoms with Gasteiger partial charge in [-0.15, -0.1) is 0 Å². The molecular weight excluding hydrogens is 266 g/mol. The molecule has 1 saturated carbocycles. The molecule has 0 spiro atoms. The average Bonchev–Trinajstić information content (AvgIpc) is 2.90. The van der Waals surface area contributed by atoms with Crippen molar-refractivity contribution in [3.8, 4) is 0 Å². The zero-order valence-corrected chi connectivity index (χ0v) is 12.2. The molecule has 0 aromatic heterocycles. The molecule has 112 valence electrons. The van der Waals surface area contributed by atoms with Gasteiger partial charge in [0.2, 0.25) is 5.91 Å². The van der Waals surface area contributed by atoms with Crippen molar-refractivity contribution in [2.45, 2.75) is 32.7 Å². The molecule has 21 heavy (non-hydrogen) atoms. The molecule has 2 atom stereocenters. The Morgan fingerprint density at radius 3 is 2.57 bits per heavy atom. The Kier molecular flexibility index (Phi) is 5.14. The molecule has 0 saturated heterocycles. The van der Waals surface area contributed by atoms with Crippen molar-refractivity contribution in [3.63, 3.8) is 0 Å². The van der Waals surface area contributed by atoms with Gasteiger partial charge in [0.15, 0.2) is 0 Å². The van der Waals surface area contributed by atoms with Gasteiger partial charge in [0.05, 0.1) is 0 Å². The Hall–Kier alpha value is -2.10. The highest BCUT2D eigenvalue weighted by molar-refractivity contribution is 5.85. The molecule has 0 bridgehead atoms. The fourth-order valence-corrected chi connectivity index (χ4v) is 2.77. The highest BCUT2D eigenvalue weighted by Crippen LogP contribution is 2.31. The van der Waals surface area contributed by atoms with Crippen molar-refractivity contribution in [1.82, 2.24) is 5.32 Å². The topological polar surface area (TPSA) is 66.4 Å². The molecule has 4 heteroatoms. The molecule has 1 aromatic rings. The number of hydrogen-bond acceptors (Lipinski definition) is 2. The molecule has 1 amide bonds. The third kappa shape index (κ3) is 4.45. The number of hydrogen-bond donors (Lipinski definition) is 2. The highest BCUT2D eigenvalue weighted by atomic mass is 16.4. The third-order valence-corrected chi connectivity index (χ3v) is 4.06. The summed E-state index contributed by atoms with van der Waals surface area (Å²) in [5, 5.41) is 11.6. The van der Waals surface area contributed by atoms with E-state index in [0.717, 1.165) is 36.5 Å². The summed E-state index contributed by atoms with van der Waals surface area (Å²) in [4.78, 5) is 22.5. The van der Waals surface area contributed by atoms with E-state index in [1.807, 2.05) is 24.3 Å². The first-order valence-electron chi connectivity index (χ1n) is 7.34. The molecule has 0 aliphatic heterocycles. The van der Waals surface area contributed by atoms with Crippen LogP contribution in [0.1, 0.15) is 37.3 Å². The van der Waals surface area contributed by atoms with Crippen LogP contribution in [0.4, 0.5) is 0 Å². The maximum Gasteiger partial charge on any atom is 0.328 e. The second-order valence-corrected chi connectivity index (χ2v) is 5.65. The highest BCUT2D eigenvalue weighted by Gasteiger charge is 2.29. The quantitative estimate of drug-likeness (QED) is 0.818. The minimum Gasteiger partial charge on any atom is -0.478 e. The van der Waals surface area contributed by atoms with Crippen LogP contribution in [-0.2, 0) is 16.1 Å². The van der Waals surface area contributed by atoms with Gasteiger partial charge in [-0.3, -0.25) is 4.79 Å². The Morgan fingerprint density at radius 2 is 2.00 bits per heavy atom. The van der Waals surface area contributed by atoms with Crippen molar-refractivity contribution in [2.24, 2.45) is 11.8 Å². The number of carbonyl (C=O) groups is 2. The van der Waals surface area contributed by atoms with Gasteiger partial charge in [0.1, 0.15) is 0 Å². The molecule has 2 rings (SSSR count). The SMILES string of the molecule is CC1CCCC1C(=O)NCc1ccc(/C=C/C(=O)O)cc1. The summed E-state index contributed by atoms with van der Waals surface area (Å²) in [6.07, 6.45) is 5.93. The monoisotopic (exact) mass is 287 g/mol. The number of benzene rings is 1. The van der Waals surface area contributed by atoms with Gasteiger partial charge < -0.3 is 10.4 Å². The van der Waals surface area contributed by atoms with Crippen molar-refractivity contribution in [1.29, 1.82) is 0 Å². The second kappa shape index (κ2) is 7.07. The second-order valence-electron chi connectivity index (χ2n) is 5.65. The fraction of sp³-hybridized carbons (Fsp3) is 0.412. The maximum atomic E-state index is 12.1. The van der Waals surface area contributed by atoms with Gasteiger partial charge in [0, 0.05) is 18.5 Å². The number of rotatable bonds is 5. The van der Waals surface area contributed by atoms with Crippen LogP contribution in [0.3, 0.4) is 0 Å². The van der Waals surface area contributed by atoms with Crippen molar-refractivity contribution in [3.05, 3.63) is 41.5 Å². The molecule has 1 aliphatic carbocycles. The summed E-state index contributed by atoms with van der Waals surface area (Å²) in [7, 11) is 0. The molecule has 1 fully saturated rings. The molecule has 2 unspecified atom stereocenters. The lowest BCUT2D eigenvalue weighted by Crippen LogP contribution is -2.31. The molecule has 2 N–H and O–H groups in total. The summed E-state index contributed by atoms with van der Waals surface area (Å²) in [6, 6.07) is 7.50. The van der Waals surface area contributed by atoms with Crippen molar-refractivity contribution < 1.29 is 14.7 Å². The van der Waals surface area contributed by atoms with Crippen LogP contribution < -0.4 is 5.32 Å². The van der Waals surface area contributed by atoms with E-state index >= 15 is 0 Å². The summed E-state index contributed by atoms with van der Waals surface area (Å²) >= 11 is 0. The lowest BCUT2D eigenvalue weighted by atomic mass is 9.97. The van der Waals surface area contributed by atoms with E-state index in [2.05, 4.69) is 12.2 Å². The summed E-state index contributed by atoms with van der Waals surface area (Å²) < 4.78 is 0. The van der Waals surface area contributed by atoms with Crippen LogP contribution in [0.25, 0.3) is 6.08 Å². The molecule has 4 nitrogen and oxygen atoms in total. The van der Waals surface area contributed by atoms with E-state index in [0.29, 0.717) is 12.5 Å². The van der Waals surface area contributed by atoms with Crippen LogP contribution in [0.15, 0.2) is 30.3 Å². The molecule has 1 aromatic carbocycles. The van der Waals surface area contributed by atoms with Gasteiger partial charge in [0.25, 0.3) is 0 Å². The normalized spacial score (nSPS) is 21.6. The smallest absolute Gasteiger partial charge is 0.328 e. The van der Waals surface area contributed by atoms with Crippen LogP contribution in [0.5, 0.6) is 0 Å². The Labute approximate surface area is 124 Å². The first-order valence-corrected chi connectivity index (χ1v) is 7.34. The minimum absolute atomic E-state index is 0.148. The van der Waals surface area contributed by atoms with Crippen molar-refractivity contribution >= 4 is 18.0 Å². The summed E-state index contributed by atoms with van der Waals surface area (Å²) in [6.45, 7) is 2.66. The van der Waals surface area contributed by atoms with Crippen molar-refractivity contribution in [2.75, 3.05) is 0 Å². The van der Waals surface area contributed by atoms with Gasteiger partial charge in [-0.05, 0) is 36.0 Å².